The topological polar surface area (TPSA) is 43.0 Å². The third kappa shape index (κ3) is 2.73. The molecule has 0 aliphatic rings. The average Bonchev–Trinajstić information content (AvgIpc) is 2.88. The van der Waals surface area contributed by atoms with Gasteiger partial charge in [-0.2, -0.15) is 5.10 Å². The largest absolute Gasteiger partial charge is 0.466 e. The molecule has 0 bridgehead atoms. The summed E-state index contributed by atoms with van der Waals surface area (Å²) in [6.45, 7) is 6.21. The van der Waals surface area contributed by atoms with E-state index in [-0.39, 0.29) is 0 Å². The van der Waals surface area contributed by atoms with E-state index in [4.69, 9.17) is 4.42 Å². The zero-order valence-corrected chi connectivity index (χ0v) is 12.4. The van der Waals surface area contributed by atoms with Crippen molar-refractivity contribution in [2.45, 2.75) is 39.7 Å². The molecule has 2 aromatic rings. The first-order valence-electron chi connectivity index (χ1n) is 6.75. The first-order valence-corrected chi connectivity index (χ1v) is 6.75. The molecule has 1 unspecified atom stereocenters. The molecule has 0 saturated heterocycles. The molecule has 2 heterocycles. The Kier molecular flexibility index (Phi) is 4.10. The average molecular weight is 261 g/mol. The monoisotopic (exact) mass is 261 g/mol. The molecule has 0 saturated carbocycles. The van der Waals surface area contributed by atoms with E-state index in [1.807, 2.05) is 38.8 Å². The second-order valence-electron chi connectivity index (χ2n) is 5.08. The minimum atomic E-state index is 0.326. The van der Waals surface area contributed by atoms with Crippen molar-refractivity contribution in [1.82, 2.24) is 15.1 Å². The molecule has 0 spiro atoms. The van der Waals surface area contributed by atoms with Crippen LogP contribution in [0.4, 0.5) is 0 Å². The number of nitrogens with one attached hydrogen (secondary N) is 1. The summed E-state index contributed by atoms with van der Waals surface area (Å²) in [6.07, 6.45) is 3.89. The van der Waals surface area contributed by atoms with Crippen LogP contribution >= 0.6 is 0 Å². The van der Waals surface area contributed by atoms with Crippen LogP contribution in [0.15, 0.2) is 16.7 Å². The fourth-order valence-corrected chi connectivity index (χ4v) is 2.69. The van der Waals surface area contributed by atoms with E-state index in [0.29, 0.717) is 6.04 Å². The number of furan rings is 1. The summed E-state index contributed by atoms with van der Waals surface area (Å²) < 4.78 is 7.67. The maximum absolute atomic E-state index is 5.73. The summed E-state index contributed by atoms with van der Waals surface area (Å²) in [5, 5.41) is 7.62. The van der Waals surface area contributed by atoms with Crippen molar-refractivity contribution in [1.29, 1.82) is 0 Å². The van der Waals surface area contributed by atoms with Crippen LogP contribution in [0.5, 0.6) is 0 Å². The summed E-state index contributed by atoms with van der Waals surface area (Å²) >= 11 is 0. The SMILES string of the molecule is CNC(CCc1ccnn1C)c1c(C)oc(C)c1C. The van der Waals surface area contributed by atoms with Gasteiger partial charge >= 0.3 is 0 Å². The van der Waals surface area contributed by atoms with Crippen molar-refractivity contribution in [3.63, 3.8) is 0 Å². The smallest absolute Gasteiger partial charge is 0.106 e. The lowest BCUT2D eigenvalue weighted by Crippen LogP contribution is -2.19. The van der Waals surface area contributed by atoms with Gasteiger partial charge in [-0.15, -0.1) is 0 Å². The molecular weight excluding hydrogens is 238 g/mol. The highest BCUT2D eigenvalue weighted by atomic mass is 16.3. The van der Waals surface area contributed by atoms with Gasteiger partial charge in [0.25, 0.3) is 0 Å². The van der Waals surface area contributed by atoms with Gasteiger partial charge in [-0.1, -0.05) is 0 Å². The summed E-state index contributed by atoms with van der Waals surface area (Å²) in [4.78, 5) is 0. The molecule has 19 heavy (non-hydrogen) atoms. The third-order valence-electron chi connectivity index (χ3n) is 3.93. The molecule has 0 fully saturated rings. The van der Waals surface area contributed by atoms with Gasteiger partial charge in [-0.05, 0) is 52.3 Å². The standard InChI is InChI=1S/C15H23N3O/c1-10-11(2)19-12(3)15(10)14(16-4)7-6-13-8-9-17-18(13)5/h8-9,14,16H,6-7H2,1-5H3. The van der Waals surface area contributed by atoms with Gasteiger partial charge < -0.3 is 9.73 Å². The van der Waals surface area contributed by atoms with E-state index in [1.54, 1.807) is 0 Å². The molecular formula is C15H23N3O. The van der Waals surface area contributed by atoms with Gasteiger partial charge in [0.15, 0.2) is 0 Å². The van der Waals surface area contributed by atoms with E-state index in [2.05, 4.69) is 23.4 Å². The van der Waals surface area contributed by atoms with Gasteiger partial charge in [0.05, 0.1) is 0 Å². The molecule has 4 nitrogen and oxygen atoms in total. The molecule has 2 rings (SSSR count). The lowest BCUT2D eigenvalue weighted by Gasteiger charge is -2.17. The molecule has 1 atom stereocenters. The van der Waals surface area contributed by atoms with E-state index in [0.717, 1.165) is 24.4 Å². The summed E-state index contributed by atoms with van der Waals surface area (Å²) in [5.41, 5.74) is 3.83. The Bertz CT molecular complexity index is 554. The van der Waals surface area contributed by atoms with Crippen LogP contribution in [0.3, 0.4) is 0 Å². The first-order chi connectivity index (χ1) is 9.04. The normalized spacial score (nSPS) is 12.9. The van der Waals surface area contributed by atoms with E-state index >= 15 is 0 Å². The zero-order valence-electron chi connectivity index (χ0n) is 12.4. The number of rotatable bonds is 5. The minimum Gasteiger partial charge on any atom is -0.466 e. The van der Waals surface area contributed by atoms with Gasteiger partial charge in [-0.3, -0.25) is 4.68 Å². The van der Waals surface area contributed by atoms with Crippen molar-refractivity contribution in [3.05, 3.63) is 40.6 Å². The lowest BCUT2D eigenvalue weighted by molar-refractivity contribution is 0.481. The predicted octanol–water partition coefficient (Wildman–Crippen LogP) is 2.83. The van der Waals surface area contributed by atoms with Crippen LogP contribution in [0.1, 0.15) is 40.8 Å². The van der Waals surface area contributed by atoms with E-state index in [1.165, 1.54) is 16.8 Å². The molecule has 0 radical (unpaired) electrons. The molecule has 0 amide bonds. The second kappa shape index (κ2) is 5.61. The molecule has 2 aromatic heterocycles. The van der Waals surface area contributed by atoms with Crippen molar-refractivity contribution >= 4 is 0 Å². The fourth-order valence-electron chi connectivity index (χ4n) is 2.69. The zero-order chi connectivity index (χ0) is 14.0. The van der Waals surface area contributed by atoms with Crippen LogP contribution in [-0.2, 0) is 13.5 Å². The first kappa shape index (κ1) is 13.9. The molecule has 0 aromatic carbocycles. The number of aromatic nitrogens is 2. The maximum atomic E-state index is 5.73. The van der Waals surface area contributed by atoms with Crippen LogP contribution in [0, 0.1) is 20.8 Å². The Morgan fingerprint density at radius 1 is 1.32 bits per heavy atom. The second-order valence-corrected chi connectivity index (χ2v) is 5.08. The van der Waals surface area contributed by atoms with E-state index < -0.39 is 0 Å². The number of nitrogens with zero attached hydrogens (tertiary/aromatic N) is 2. The fraction of sp³-hybridized carbons (Fsp3) is 0.533. The van der Waals surface area contributed by atoms with Crippen LogP contribution in [0.25, 0.3) is 0 Å². The van der Waals surface area contributed by atoms with Crippen LogP contribution in [-0.4, -0.2) is 16.8 Å². The number of aryl methyl sites for hydroxylation is 4. The highest BCUT2D eigenvalue weighted by Gasteiger charge is 2.19. The Labute approximate surface area is 114 Å². The van der Waals surface area contributed by atoms with Crippen molar-refractivity contribution < 1.29 is 4.42 Å². The maximum Gasteiger partial charge on any atom is 0.106 e. The Balaban J connectivity index is 2.14. The predicted molar refractivity (Wildman–Crippen MR) is 76.2 cm³/mol. The highest BCUT2D eigenvalue weighted by molar-refractivity contribution is 5.34. The number of hydrogen-bond donors (Lipinski definition) is 1. The lowest BCUT2D eigenvalue weighted by atomic mass is 9.97. The minimum absolute atomic E-state index is 0.326. The van der Waals surface area contributed by atoms with Gasteiger partial charge in [0, 0.05) is 30.5 Å². The summed E-state index contributed by atoms with van der Waals surface area (Å²) in [6, 6.07) is 2.40. The quantitative estimate of drug-likeness (QED) is 0.900. The van der Waals surface area contributed by atoms with Crippen LogP contribution < -0.4 is 5.32 Å². The highest BCUT2D eigenvalue weighted by Crippen LogP contribution is 2.29. The Hall–Kier alpha value is -1.55. The van der Waals surface area contributed by atoms with Gasteiger partial charge in [0.1, 0.15) is 11.5 Å². The number of hydrogen-bond acceptors (Lipinski definition) is 3. The summed E-state index contributed by atoms with van der Waals surface area (Å²) in [5.74, 6) is 2.05. The van der Waals surface area contributed by atoms with Crippen molar-refractivity contribution in [2.75, 3.05) is 7.05 Å². The van der Waals surface area contributed by atoms with Gasteiger partial charge in [0.2, 0.25) is 0 Å². The molecule has 0 aliphatic carbocycles. The summed E-state index contributed by atoms with van der Waals surface area (Å²) in [7, 11) is 4.00. The molecule has 104 valence electrons. The van der Waals surface area contributed by atoms with E-state index in [9.17, 15) is 0 Å². The van der Waals surface area contributed by atoms with Crippen molar-refractivity contribution in [2.24, 2.45) is 7.05 Å². The molecule has 4 heteroatoms. The van der Waals surface area contributed by atoms with Crippen molar-refractivity contribution in [3.8, 4) is 0 Å². The van der Waals surface area contributed by atoms with Crippen LogP contribution in [0.2, 0.25) is 0 Å². The Morgan fingerprint density at radius 2 is 2.05 bits per heavy atom. The van der Waals surface area contributed by atoms with Gasteiger partial charge in [-0.25, -0.2) is 0 Å². The molecule has 0 aliphatic heterocycles. The Morgan fingerprint density at radius 3 is 2.53 bits per heavy atom. The molecule has 1 N–H and O–H groups in total. The third-order valence-corrected chi connectivity index (χ3v) is 3.93.